The molecule has 0 saturated carbocycles. The molecule has 1 aromatic carbocycles. The van der Waals surface area contributed by atoms with Crippen molar-refractivity contribution in [3.05, 3.63) is 29.8 Å². The molecule has 2 N–H and O–H groups in total. The zero-order chi connectivity index (χ0) is 17.7. The summed E-state index contributed by atoms with van der Waals surface area (Å²) >= 11 is 0. The van der Waals surface area contributed by atoms with Crippen LogP contribution in [-0.4, -0.2) is 50.7 Å². The van der Waals surface area contributed by atoms with Crippen molar-refractivity contribution in [2.24, 2.45) is 0 Å². The molecule has 0 aromatic heterocycles. The molecule has 1 aliphatic heterocycles. The lowest BCUT2D eigenvalue weighted by atomic mass is 10.0. The molecule has 7 nitrogen and oxygen atoms in total. The van der Waals surface area contributed by atoms with Crippen LogP contribution in [0.2, 0.25) is 0 Å². The van der Waals surface area contributed by atoms with Gasteiger partial charge in [-0.15, -0.1) is 0 Å². The maximum atomic E-state index is 12.3. The van der Waals surface area contributed by atoms with Gasteiger partial charge in [-0.3, -0.25) is 9.69 Å². The summed E-state index contributed by atoms with van der Waals surface area (Å²) in [5.41, 5.74) is 1.20. The topological polar surface area (TPSA) is 102 Å². The highest BCUT2D eigenvalue weighted by molar-refractivity contribution is 7.88. The van der Waals surface area contributed by atoms with Crippen molar-refractivity contribution in [1.29, 1.82) is 5.26 Å². The average Bonchev–Trinajstić information content (AvgIpc) is 2.54. The van der Waals surface area contributed by atoms with Crippen LogP contribution in [0.25, 0.3) is 0 Å². The van der Waals surface area contributed by atoms with E-state index in [2.05, 4.69) is 10.0 Å². The molecule has 1 atom stereocenters. The Hall–Kier alpha value is -1.95. The predicted octanol–water partition coefficient (Wildman–Crippen LogP) is 0.899. The fourth-order valence-corrected chi connectivity index (χ4v) is 3.59. The van der Waals surface area contributed by atoms with Crippen LogP contribution in [0.15, 0.2) is 24.3 Å². The highest BCUT2D eigenvalue weighted by atomic mass is 32.2. The Labute approximate surface area is 142 Å². The number of anilines is 1. The van der Waals surface area contributed by atoms with E-state index in [1.807, 2.05) is 17.9 Å². The van der Waals surface area contributed by atoms with Crippen molar-refractivity contribution >= 4 is 21.6 Å². The Morgan fingerprint density at radius 3 is 2.38 bits per heavy atom. The number of piperidine rings is 1. The minimum Gasteiger partial charge on any atom is -0.325 e. The Morgan fingerprint density at radius 2 is 1.88 bits per heavy atom. The summed E-state index contributed by atoms with van der Waals surface area (Å²) in [7, 11) is -3.19. The second-order valence-corrected chi connectivity index (χ2v) is 7.83. The molecule has 2 rings (SSSR count). The molecular formula is C16H22N4O3S. The van der Waals surface area contributed by atoms with E-state index in [0.29, 0.717) is 37.2 Å². The van der Waals surface area contributed by atoms with E-state index < -0.39 is 10.0 Å². The molecular weight excluding hydrogens is 328 g/mol. The number of nitrogens with one attached hydrogen (secondary N) is 2. The van der Waals surface area contributed by atoms with Crippen molar-refractivity contribution in [3.8, 4) is 6.07 Å². The summed E-state index contributed by atoms with van der Waals surface area (Å²) in [6, 6.07) is 8.37. The van der Waals surface area contributed by atoms with E-state index in [9.17, 15) is 13.2 Å². The van der Waals surface area contributed by atoms with Crippen LogP contribution in [0.3, 0.4) is 0 Å². The number of likely N-dealkylation sites (tertiary alicyclic amines) is 1. The summed E-state index contributed by atoms with van der Waals surface area (Å²) in [4.78, 5) is 14.4. The van der Waals surface area contributed by atoms with Gasteiger partial charge in [0.1, 0.15) is 0 Å². The minimum absolute atomic E-state index is 0.0648. The van der Waals surface area contributed by atoms with Gasteiger partial charge in [-0.2, -0.15) is 5.26 Å². The predicted molar refractivity (Wildman–Crippen MR) is 91.8 cm³/mol. The first-order chi connectivity index (χ1) is 11.3. The van der Waals surface area contributed by atoms with Crippen LogP contribution >= 0.6 is 0 Å². The van der Waals surface area contributed by atoms with Crippen LogP contribution in [0.4, 0.5) is 5.69 Å². The number of sulfonamides is 1. The summed E-state index contributed by atoms with van der Waals surface area (Å²) in [6.07, 6.45) is 2.52. The fraction of sp³-hybridized carbons (Fsp3) is 0.500. The number of nitriles is 1. The third-order valence-corrected chi connectivity index (χ3v) is 4.88. The summed E-state index contributed by atoms with van der Waals surface area (Å²) in [5.74, 6) is -0.116. The second-order valence-electron chi connectivity index (χ2n) is 6.05. The number of hydrogen-bond acceptors (Lipinski definition) is 5. The third-order valence-electron chi connectivity index (χ3n) is 4.12. The van der Waals surface area contributed by atoms with Gasteiger partial charge in [-0.25, -0.2) is 13.1 Å². The lowest BCUT2D eigenvalue weighted by molar-refractivity contribution is -0.121. The summed E-state index contributed by atoms with van der Waals surface area (Å²) in [5, 5.41) is 11.6. The van der Waals surface area contributed by atoms with Gasteiger partial charge in [0.25, 0.3) is 0 Å². The van der Waals surface area contributed by atoms with E-state index in [1.165, 1.54) is 0 Å². The van der Waals surface area contributed by atoms with Crippen LogP contribution in [0.5, 0.6) is 0 Å². The lowest BCUT2D eigenvalue weighted by Crippen LogP contribution is -2.50. The first kappa shape index (κ1) is 18.4. The molecule has 0 spiro atoms. The smallest absolute Gasteiger partial charge is 0.241 e. The molecule has 1 aromatic rings. The number of carbonyl (C=O) groups excluding carboxylic acids is 1. The van der Waals surface area contributed by atoms with Crippen molar-refractivity contribution < 1.29 is 13.2 Å². The number of carbonyl (C=O) groups is 1. The van der Waals surface area contributed by atoms with Crippen molar-refractivity contribution in [2.75, 3.05) is 24.7 Å². The number of nitrogens with zero attached hydrogens (tertiary/aromatic N) is 2. The molecule has 1 fully saturated rings. The normalized spacial score (nSPS) is 17.9. The molecule has 1 aliphatic rings. The van der Waals surface area contributed by atoms with Gasteiger partial charge in [-0.1, -0.05) is 0 Å². The molecule has 1 amide bonds. The monoisotopic (exact) mass is 350 g/mol. The third kappa shape index (κ3) is 5.30. The van der Waals surface area contributed by atoms with E-state index >= 15 is 0 Å². The molecule has 1 heterocycles. The first-order valence-corrected chi connectivity index (χ1v) is 9.70. The Balaban J connectivity index is 1.86. The highest BCUT2D eigenvalue weighted by Crippen LogP contribution is 2.16. The minimum atomic E-state index is -3.19. The molecule has 0 unspecified atom stereocenters. The highest BCUT2D eigenvalue weighted by Gasteiger charge is 2.27. The standard InChI is InChI=1S/C16H22N4O3S/c1-12(16(21)18-14-5-3-13(11-17)4-6-14)20-9-7-15(8-10-20)19-24(2,22)23/h3-6,12,15,19H,7-10H2,1-2H3,(H,18,21)/t12-/m0/s1. The van der Waals surface area contributed by atoms with Crippen LogP contribution < -0.4 is 10.0 Å². The molecule has 1 saturated heterocycles. The Kier molecular flexibility index (Phi) is 5.94. The average molecular weight is 350 g/mol. The van der Waals surface area contributed by atoms with Crippen LogP contribution in [0, 0.1) is 11.3 Å². The summed E-state index contributed by atoms with van der Waals surface area (Å²) < 4.78 is 25.1. The van der Waals surface area contributed by atoms with Gasteiger partial charge in [0, 0.05) is 24.8 Å². The van der Waals surface area contributed by atoms with Gasteiger partial charge >= 0.3 is 0 Å². The molecule has 0 radical (unpaired) electrons. The van der Waals surface area contributed by atoms with E-state index in [1.54, 1.807) is 24.3 Å². The van der Waals surface area contributed by atoms with Crippen LogP contribution in [-0.2, 0) is 14.8 Å². The van der Waals surface area contributed by atoms with E-state index in [4.69, 9.17) is 5.26 Å². The maximum absolute atomic E-state index is 12.3. The van der Waals surface area contributed by atoms with Gasteiger partial charge in [-0.05, 0) is 44.0 Å². The number of benzene rings is 1. The number of hydrogen-bond donors (Lipinski definition) is 2. The van der Waals surface area contributed by atoms with Crippen LogP contribution in [0.1, 0.15) is 25.3 Å². The number of rotatable bonds is 5. The van der Waals surface area contributed by atoms with Crippen molar-refractivity contribution in [2.45, 2.75) is 31.8 Å². The largest absolute Gasteiger partial charge is 0.325 e. The number of amides is 1. The van der Waals surface area contributed by atoms with Gasteiger partial charge in [0.15, 0.2) is 0 Å². The molecule has 24 heavy (non-hydrogen) atoms. The van der Waals surface area contributed by atoms with E-state index in [-0.39, 0.29) is 18.0 Å². The van der Waals surface area contributed by atoms with Gasteiger partial charge in [0.05, 0.1) is 23.9 Å². The SMILES string of the molecule is C[C@@H](C(=O)Nc1ccc(C#N)cc1)N1CCC(NS(C)(=O)=O)CC1. The quantitative estimate of drug-likeness (QED) is 0.821. The van der Waals surface area contributed by atoms with Gasteiger partial charge < -0.3 is 5.32 Å². The van der Waals surface area contributed by atoms with Crippen molar-refractivity contribution in [3.63, 3.8) is 0 Å². The molecule has 130 valence electrons. The molecule has 8 heteroatoms. The Morgan fingerprint density at radius 1 is 1.29 bits per heavy atom. The fourth-order valence-electron chi connectivity index (χ4n) is 2.75. The zero-order valence-corrected chi connectivity index (χ0v) is 14.6. The second kappa shape index (κ2) is 7.75. The molecule has 0 aliphatic carbocycles. The van der Waals surface area contributed by atoms with Gasteiger partial charge in [0.2, 0.25) is 15.9 Å². The van der Waals surface area contributed by atoms with E-state index in [0.717, 1.165) is 6.26 Å². The zero-order valence-electron chi connectivity index (χ0n) is 13.8. The summed E-state index contributed by atoms with van der Waals surface area (Å²) in [6.45, 7) is 3.16. The lowest BCUT2D eigenvalue weighted by Gasteiger charge is -2.35. The maximum Gasteiger partial charge on any atom is 0.241 e. The first-order valence-electron chi connectivity index (χ1n) is 7.81. The molecule has 0 bridgehead atoms. The van der Waals surface area contributed by atoms with Crippen molar-refractivity contribution in [1.82, 2.24) is 9.62 Å². The Bertz CT molecular complexity index is 717.